The second-order valence-corrected chi connectivity index (χ2v) is 8.93. The summed E-state index contributed by atoms with van der Waals surface area (Å²) in [6.45, 7) is 7.67. The van der Waals surface area contributed by atoms with E-state index in [-0.39, 0.29) is 25.0 Å². The van der Waals surface area contributed by atoms with E-state index in [4.69, 9.17) is 27.9 Å². The number of amides is 2. The van der Waals surface area contributed by atoms with E-state index in [1.807, 2.05) is 39.8 Å². The van der Waals surface area contributed by atoms with Gasteiger partial charge in [0.2, 0.25) is 5.91 Å². The summed E-state index contributed by atoms with van der Waals surface area (Å²) in [6, 6.07) is 13.4. The van der Waals surface area contributed by atoms with Crippen molar-refractivity contribution in [3.05, 3.63) is 64.1 Å². The lowest BCUT2D eigenvalue weighted by atomic mass is 10.1. The van der Waals surface area contributed by atoms with E-state index < -0.39 is 11.6 Å². The Hall–Kier alpha value is -2.24. The van der Waals surface area contributed by atoms with Crippen molar-refractivity contribution >= 4 is 35.0 Å². The molecule has 0 aromatic heterocycles. The van der Waals surface area contributed by atoms with Crippen molar-refractivity contribution in [1.29, 1.82) is 0 Å². The third kappa shape index (κ3) is 7.54. The lowest BCUT2D eigenvalue weighted by molar-refractivity contribution is -0.143. The van der Waals surface area contributed by atoms with Gasteiger partial charge in [-0.3, -0.25) is 9.59 Å². The fourth-order valence-corrected chi connectivity index (χ4v) is 3.25. The highest BCUT2D eigenvalue weighted by molar-refractivity contribution is 6.30. The van der Waals surface area contributed by atoms with Gasteiger partial charge in [-0.1, -0.05) is 48.3 Å². The molecule has 2 aromatic carbocycles. The second-order valence-electron chi connectivity index (χ2n) is 8.06. The minimum Gasteiger partial charge on any atom is -0.484 e. The van der Waals surface area contributed by atoms with Crippen molar-refractivity contribution in [2.24, 2.45) is 0 Å². The van der Waals surface area contributed by atoms with Crippen LogP contribution in [0.3, 0.4) is 0 Å². The third-order valence-electron chi connectivity index (χ3n) is 4.31. The molecule has 5 nitrogen and oxygen atoms in total. The number of ether oxygens (including phenoxy) is 1. The number of hydrogen-bond acceptors (Lipinski definition) is 3. The van der Waals surface area contributed by atoms with Crippen LogP contribution >= 0.6 is 23.2 Å². The average molecular weight is 451 g/mol. The number of halogens is 2. The molecular formula is C23H28Cl2N2O3. The van der Waals surface area contributed by atoms with Crippen LogP contribution in [0.2, 0.25) is 10.0 Å². The minimum absolute atomic E-state index is 0.199. The largest absolute Gasteiger partial charge is 0.484 e. The van der Waals surface area contributed by atoms with Crippen LogP contribution in [0.25, 0.3) is 0 Å². The van der Waals surface area contributed by atoms with Crippen molar-refractivity contribution in [1.82, 2.24) is 10.2 Å². The molecule has 0 aliphatic heterocycles. The van der Waals surface area contributed by atoms with Crippen LogP contribution in [0.4, 0.5) is 0 Å². The quantitative estimate of drug-likeness (QED) is 0.608. The summed E-state index contributed by atoms with van der Waals surface area (Å²) < 4.78 is 5.63. The first kappa shape index (κ1) is 24.0. The molecule has 0 unspecified atom stereocenters. The van der Waals surface area contributed by atoms with Crippen LogP contribution in [0.5, 0.6) is 5.75 Å². The molecule has 1 atom stereocenters. The van der Waals surface area contributed by atoms with Gasteiger partial charge in [0, 0.05) is 22.1 Å². The smallest absolute Gasteiger partial charge is 0.261 e. The van der Waals surface area contributed by atoms with Crippen LogP contribution in [-0.4, -0.2) is 34.9 Å². The highest BCUT2D eigenvalue weighted by Gasteiger charge is 2.30. The van der Waals surface area contributed by atoms with E-state index >= 15 is 0 Å². The Labute approximate surface area is 188 Å². The SMILES string of the molecule is CC[C@H](C(=O)NC(C)(C)C)N(Cc1ccc(Cl)cc1)C(=O)COc1cccc(Cl)c1. The van der Waals surface area contributed by atoms with Crippen molar-refractivity contribution in [3.63, 3.8) is 0 Å². The first-order valence-electron chi connectivity index (χ1n) is 9.83. The molecular weight excluding hydrogens is 423 g/mol. The van der Waals surface area contributed by atoms with Gasteiger partial charge in [0.05, 0.1) is 0 Å². The Kier molecular flexibility index (Phi) is 8.56. The molecule has 2 rings (SSSR count). The highest BCUT2D eigenvalue weighted by Crippen LogP contribution is 2.19. The van der Waals surface area contributed by atoms with E-state index in [0.717, 1.165) is 5.56 Å². The lowest BCUT2D eigenvalue weighted by Gasteiger charge is -2.33. The van der Waals surface area contributed by atoms with Crippen LogP contribution in [0.15, 0.2) is 48.5 Å². The van der Waals surface area contributed by atoms with Gasteiger partial charge in [-0.25, -0.2) is 0 Å². The Balaban J connectivity index is 2.22. The van der Waals surface area contributed by atoms with Gasteiger partial charge in [0.15, 0.2) is 6.61 Å². The van der Waals surface area contributed by atoms with Crippen molar-refractivity contribution < 1.29 is 14.3 Å². The van der Waals surface area contributed by atoms with Gasteiger partial charge < -0.3 is 15.0 Å². The van der Waals surface area contributed by atoms with Crippen LogP contribution in [-0.2, 0) is 16.1 Å². The summed E-state index contributed by atoms with van der Waals surface area (Å²) in [5.74, 6) is 0.00499. The predicted octanol–water partition coefficient (Wildman–Crippen LogP) is 5.09. The van der Waals surface area contributed by atoms with E-state index in [1.54, 1.807) is 41.3 Å². The van der Waals surface area contributed by atoms with Crippen molar-refractivity contribution in [2.75, 3.05) is 6.61 Å². The monoisotopic (exact) mass is 450 g/mol. The Morgan fingerprint density at radius 1 is 1.07 bits per heavy atom. The third-order valence-corrected chi connectivity index (χ3v) is 4.80. The maximum Gasteiger partial charge on any atom is 0.261 e. The molecule has 0 fully saturated rings. The lowest BCUT2D eigenvalue weighted by Crippen LogP contribution is -2.54. The molecule has 0 aliphatic carbocycles. The molecule has 2 aromatic rings. The number of nitrogens with one attached hydrogen (secondary N) is 1. The topological polar surface area (TPSA) is 58.6 Å². The van der Waals surface area contributed by atoms with Crippen LogP contribution < -0.4 is 10.1 Å². The van der Waals surface area contributed by atoms with Gasteiger partial charge in [0.25, 0.3) is 5.91 Å². The van der Waals surface area contributed by atoms with Gasteiger partial charge in [0.1, 0.15) is 11.8 Å². The molecule has 0 radical (unpaired) electrons. The molecule has 0 bridgehead atoms. The number of carbonyl (C=O) groups excluding carboxylic acids is 2. The van der Waals surface area contributed by atoms with Crippen LogP contribution in [0, 0.1) is 0 Å². The Morgan fingerprint density at radius 2 is 1.73 bits per heavy atom. The van der Waals surface area contributed by atoms with Gasteiger partial charge in [-0.05, 0) is 63.1 Å². The minimum atomic E-state index is -0.629. The zero-order valence-corrected chi connectivity index (χ0v) is 19.3. The summed E-state index contributed by atoms with van der Waals surface area (Å²) in [5.41, 5.74) is 0.467. The van der Waals surface area contributed by atoms with Crippen molar-refractivity contribution in [2.45, 2.75) is 52.2 Å². The van der Waals surface area contributed by atoms with E-state index in [0.29, 0.717) is 22.2 Å². The molecule has 0 saturated carbocycles. The molecule has 7 heteroatoms. The highest BCUT2D eigenvalue weighted by atomic mass is 35.5. The Morgan fingerprint density at radius 3 is 2.30 bits per heavy atom. The average Bonchev–Trinajstić information content (AvgIpc) is 2.66. The zero-order chi connectivity index (χ0) is 22.3. The van der Waals surface area contributed by atoms with E-state index in [1.165, 1.54) is 0 Å². The number of carbonyl (C=O) groups is 2. The Bertz CT molecular complexity index is 863. The number of hydrogen-bond donors (Lipinski definition) is 1. The van der Waals surface area contributed by atoms with E-state index in [2.05, 4.69) is 5.32 Å². The standard InChI is InChI=1S/C23H28Cl2N2O3/c1-5-20(22(29)26-23(2,3)4)27(14-16-9-11-17(24)12-10-16)21(28)15-30-19-8-6-7-18(25)13-19/h6-13,20H,5,14-15H2,1-4H3,(H,26,29)/t20-/m1/s1. The molecule has 162 valence electrons. The van der Waals surface area contributed by atoms with Crippen LogP contribution in [0.1, 0.15) is 39.7 Å². The summed E-state index contributed by atoms with van der Waals surface area (Å²) >= 11 is 12.0. The van der Waals surface area contributed by atoms with Gasteiger partial charge >= 0.3 is 0 Å². The molecule has 0 aliphatic rings. The molecule has 0 spiro atoms. The summed E-state index contributed by atoms with van der Waals surface area (Å²) in [5, 5.41) is 4.10. The second kappa shape index (κ2) is 10.7. The van der Waals surface area contributed by atoms with Gasteiger partial charge in [-0.2, -0.15) is 0 Å². The maximum absolute atomic E-state index is 13.1. The number of rotatable bonds is 8. The van der Waals surface area contributed by atoms with E-state index in [9.17, 15) is 9.59 Å². The summed E-state index contributed by atoms with van der Waals surface area (Å²) in [7, 11) is 0. The summed E-state index contributed by atoms with van der Waals surface area (Å²) in [6.07, 6.45) is 0.471. The maximum atomic E-state index is 13.1. The fraction of sp³-hybridized carbons (Fsp3) is 0.391. The first-order valence-corrected chi connectivity index (χ1v) is 10.6. The molecule has 0 saturated heterocycles. The molecule has 2 amide bonds. The number of benzene rings is 2. The normalized spacial score (nSPS) is 12.2. The predicted molar refractivity (Wildman–Crippen MR) is 121 cm³/mol. The molecule has 30 heavy (non-hydrogen) atoms. The van der Waals surface area contributed by atoms with Gasteiger partial charge in [-0.15, -0.1) is 0 Å². The summed E-state index contributed by atoms with van der Waals surface area (Å²) in [4.78, 5) is 27.6. The molecule has 0 heterocycles. The zero-order valence-electron chi connectivity index (χ0n) is 17.7. The van der Waals surface area contributed by atoms with Crippen molar-refractivity contribution in [3.8, 4) is 5.75 Å². The number of nitrogens with zero attached hydrogens (tertiary/aromatic N) is 1. The fourth-order valence-electron chi connectivity index (χ4n) is 2.94. The molecule has 1 N–H and O–H groups in total. The first-order chi connectivity index (χ1) is 14.1.